The first-order chi connectivity index (χ1) is 14.2. The quantitative estimate of drug-likeness (QED) is 0.249. The smallest absolute Gasteiger partial charge is 0.268 e. The second-order valence-electron chi connectivity index (χ2n) is 6.98. The first-order valence-corrected chi connectivity index (χ1v) is 11.7. The van der Waals surface area contributed by atoms with Crippen LogP contribution in [-0.4, -0.2) is 43.4 Å². The fourth-order valence-corrected chi connectivity index (χ4v) is 4.99. The largest absolute Gasteiger partial charge is 0.382 e. The van der Waals surface area contributed by atoms with E-state index in [-0.39, 0.29) is 16.2 Å². The van der Waals surface area contributed by atoms with Gasteiger partial charge in [-0.1, -0.05) is 23.8 Å². The Morgan fingerprint density at radius 3 is 2.37 bits per heavy atom. The maximum Gasteiger partial charge on any atom is 0.268 e. The molecule has 2 aromatic carbocycles. The number of Topliss-reactive ketones (excluding diaryl/α,β-unsaturated/α-hetero) is 1. The number of aromatic nitrogens is 1. The Bertz CT molecular complexity index is 1300. The Kier molecular flexibility index (Phi) is 6.06. The van der Waals surface area contributed by atoms with E-state index >= 15 is 0 Å². The van der Waals surface area contributed by atoms with Gasteiger partial charge in [-0.25, -0.2) is 12.4 Å². The van der Waals surface area contributed by atoms with Crippen molar-refractivity contribution in [2.75, 3.05) is 20.4 Å². The monoisotopic (exact) mass is 439 g/mol. The summed E-state index contributed by atoms with van der Waals surface area (Å²) in [5.41, 5.74) is 1.10. The lowest BCUT2D eigenvalue weighted by atomic mass is 10.1. The van der Waals surface area contributed by atoms with Crippen LogP contribution in [0.4, 0.5) is 0 Å². The van der Waals surface area contributed by atoms with Crippen LogP contribution in [0.1, 0.15) is 16.1 Å². The molecule has 0 spiro atoms. The number of rotatable bonds is 6. The number of allylic oxidation sites excluding steroid dienone is 1. The van der Waals surface area contributed by atoms with Gasteiger partial charge in [0.25, 0.3) is 10.0 Å². The zero-order chi connectivity index (χ0) is 22.1. The molecule has 0 saturated carbocycles. The van der Waals surface area contributed by atoms with Gasteiger partial charge in [0.2, 0.25) is 5.78 Å². The number of ketones is 1. The highest BCUT2D eigenvalue weighted by Gasteiger charge is 2.28. The van der Waals surface area contributed by atoms with E-state index in [2.05, 4.69) is 0 Å². The molecule has 0 bridgehead atoms. The molecule has 1 heterocycles. The maximum absolute atomic E-state index is 13.6. The van der Waals surface area contributed by atoms with Gasteiger partial charge in [-0.15, -0.1) is 11.8 Å². The lowest BCUT2D eigenvalue weighted by molar-refractivity contribution is 0.103. The van der Waals surface area contributed by atoms with Gasteiger partial charge in [-0.3, -0.25) is 4.79 Å². The average molecular weight is 440 g/mol. The van der Waals surface area contributed by atoms with E-state index in [0.29, 0.717) is 10.9 Å². The molecule has 0 aliphatic heterocycles. The molecule has 6 nitrogen and oxygen atoms in total. The van der Waals surface area contributed by atoms with Gasteiger partial charge < -0.3 is 4.90 Å². The van der Waals surface area contributed by atoms with Gasteiger partial charge in [0, 0.05) is 30.6 Å². The molecule has 0 amide bonds. The van der Waals surface area contributed by atoms with Crippen LogP contribution >= 0.6 is 11.8 Å². The van der Waals surface area contributed by atoms with Crippen molar-refractivity contribution in [3.8, 4) is 6.07 Å². The molecular weight excluding hydrogens is 418 g/mol. The van der Waals surface area contributed by atoms with Gasteiger partial charge in [0.05, 0.1) is 10.4 Å². The van der Waals surface area contributed by atoms with E-state index in [1.54, 1.807) is 43.3 Å². The van der Waals surface area contributed by atoms with Gasteiger partial charge >= 0.3 is 0 Å². The highest BCUT2D eigenvalue weighted by molar-refractivity contribution is 7.98. The summed E-state index contributed by atoms with van der Waals surface area (Å²) in [6.45, 7) is 1.87. The fourth-order valence-electron chi connectivity index (χ4n) is 3.05. The van der Waals surface area contributed by atoms with Crippen LogP contribution in [0.3, 0.4) is 0 Å². The van der Waals surface area contributed by atoms with Crippen molar-refractivity contribution in [1.82, 2.24) is 8.87 Å². The minimum atomic E-state index is -4.07. The van der Waals surface area contributed by atoms with Crippen molar-refractivity contribution in [2.24, 2.45) is 0 Å². The van der Waals surface area contributed by atoms with E-state index in [1.807, 2.05) is 25.3 Å². The number of carbonyl (C=O) groups is 1. The van der Waals surface area contributed by atoms with Gasteiger partial charge in [0.1, 0.15) is 17.3 Å². The van der Waals surface area contributed by atoms with E-state index < -0.39 is 15.8 Å². The Labute approximate surface area is 180 Å². The van der Waals surface area contributed by atoms with Crippen LogP contribution in [0.25, 0.3) is 10.9 Å². The summed E-state index contributed by atoms with van der Waals surface area (Å²) in [7, 11) is -0.697. The van der Waals surface area contributed by atoms with E-state index in [4.69, 9.17) is 0 Å². The van der Waals surface area contributed by atoms with Gasteiger partial charge in [-0.2, -0.15) is 5.26 Å². The van der Waals surface area contributed by atoms with Crippen LogP contribution in [0.2, 0.25) is 0 Å². The number of thioether (sulfide) groups is 1. The molecule has 0 aliphatic carbocycles. The summed E-state index contributed by atoms with van der Waals surface area (Å²) in [6.07, 6.45) is 3.28. The van der Waals surface area contributed by atoms with Crippen molar-refractivity contribution in [2.45, 2.75) is 16.7 Å². The van der Waals surface area contributed by atoms with Crippen LogP contribution in [-0.2, 0) is 10.0 Å². The van der Waals surface area contributed by atoms with Crippen LogP contribution in [0.5, 0.6) is 0 Å². The zero-order valence-electron chi connectivity index (χ0n) is 17.1. The Morgan fingerprint density at radius 1 is 1.13 bits per heavy atom. The summed E-state index contributed by atoms with van der Waals surface area (Å²) in [5.74, 6) is -0.649. The number of benzene rings is 2. The van der Waals surface area contributed by atoms with Crippen molar-refractivity contribution < 1.29 is 13.2 Å². The normalized spacial score (nSPS) is 12.0. The molecule has 3 aromatic rings. The molecule has 8 heteroatoms. The predicted octanol–water partition coefficient (Wildman–Crippen LogP) is 4.06. The van der Waals surface area contributed by atoms with Crippen LogP contribution < -0.4 is 0 Å². The standard InChI is InChI=1S/C22H21N3O3S2/c1-15-5-9-19(10-6-15)30(27,28)25-20-12-18(29-4)8-7-16(20)11-21(25)22(26)17(13-23)14-24(2)3/h5-12,14H,1-4H3/b17-14+. The molecule has 0 fully saturated rings. The lowest BCUT2D eigenvalue weighted by Gasteiger charge is -2.12. The molecule has 0 saturated heterocycles. The molecule has 30 heavy (non-hydrogen) atoms. The second-order valence-corrected chi connectivity index (χ2v) is 9.65. The molecule has 154 valence electrons. The first-order valence-electron chi connectivity index (χ1n) is 9.04. The number of nitriles is 1. The number of hydrogen-bond donors (Lipinski definition) is 0. The third kappa shape index (κ3) is 3.99. The second kappa shape index (κ2) is 8.38. The third-order valence-corrected chi connectivity index (χ3v) is 6.98. The molecule has 3 rings (SSSR count). The summed E-state index contributed by atoms with van der Waals surface area (Å²) in [6, 6.07) is 15.2. The third-order valence-electron chi connectivity index (χ3n) is 4.51. The van der Waals surface area contributed by atoms with Crippen molar-refractivity contribution >= 4 is 38.5 Å². The number of fused-ring (bicyclic) bond motifs is 1. The number of nitrogens with zero attached hydrogens (tertiary/aromatic N) is 3. The van der Waals surface area contributed by atoms with Gasteiger partial charge in [0.15, 0.2) is 0 Å². The SMILES string of the molecule is CSc1ccc2cc(C(=O)/C(C#N)=C/N(C)C)n(S(=O)(=O)c3ccc(C)cc3)c2c1. The van der Waals surface area contributed by atoms with E-state index in [9.17, 15) is 18.5 Å². The Hall–Kier alpha value is -3.02. The molecule has 0 atom stereocenters. The highest BCUT2D eigenvalue weighted by atomic mass is 32.2. The topological polar surface area (TPSA) is 83.2 Å². The summed E-state index contributed by atoms with van der Waals surface area (Å²) in [4.78, 5) is 15.7. The number of carbonyl (C=O) groups excluding carboxylic acids is 1. The van der Waals surface area contributed by atoms with Crippen molar-refractivity contribution in [3.05, 3.63) is 71.6 Å². The number of hydrogen-bond acceptors (Lipinski definition) is 6. The van der Waals surface area contributed by atoms with Crippen LogP contribution in [0.15, 0.2) is 70.1 Å². The predicted molar refractivity (Wildman–Crippen MR) is 119 cm³/mol. The molecule has 1 aromatic heterocycles. The fraction of sp³-hybridized carbons (Fsp3) is 0.182. The van der Waals surface area contributed by atoms with Crippen molar-refractivity contribution in [3.63, 3.8) is 0 Å². The van der Waals surface area contributed by atoms with Crippen molar-refractivity contribution in [1.29, 1.82) is 5.26 Å². The first kappa shape index (κ1) is 21.7. The molecule has 0 aliphatic rings. The lowest BCUT2D eigenvalue weighted by Crippen LogP contribution is -2.20. The van der Waals surface area contributed by atoms with E-state index in [0.717, 1.165) is 14.4 Å². The summed E-state index contributed by atoms with van der Waals surface area (Å²) in [5, 5.41) is 10.1. The minimum absolute atomic E-state index is 0.0709. The Balaban J connectivity index is 2.35. The van der Waals surface area contributed by atoms with Gasteiger partial charge in [-0.05, 0) is 43.5 Å². The minimum Gasteiger partial charge on any atom is -0.382 e. The van der Waals surface area contributed by atoms with E-state index in [1.165, 1.54) is 36.2 Å². The Morgan fingerprint density at radius 2 is 1.80 bits per heavy atom. The number of aryl methyl sites for hydroxylation is 1. The molecular formula is C22H21N3O3S2. The molecule has 0 N–H and O–H groups in total. The summed E-state index contributed by atoms with van der Waals surface area (Å²) < 4.78 is 28.2. The average Bonchev–Trinajstić information content (AvgIpc) is 3.11. The molecule has 0 radical (unpaired) electrons. The zero-order valence-corrected chi connectivity index (χ0v) is 18.7. The molecule has 0 unspecified atom stereocenters. The van der Waals surface area contributed by atoms with Crippen LogP contribution in [0, 0.1) is 18.3 Å². The highest BCUT2D eigenvalue weighted by Crippen LogP contribution is 2.30. The maximum atomic E-state index is 13.6. The summed E-state index contributed by atoms with van der Waals surface area (Å²) >= 11 is 1.47.